The van der Waals surface area contributed by atoms with Crippen LogP contribution in [0.2, 0.25) is 0 Å². The van der Waals surface area contributed by atoms with Crippen LogP contribution in [0, 0.1) is 0 Å². The second-order valence-corrected chi connectivity index (χ2v) is 4.55. The molecule has 0 aliphatic carbocycles. The molecule has 0 fully saturated rings. The molecule has 2 heterocycles. The summed E-state index contributed by atoms with van der Waals surface area (Å²) in [5.41, 5.74) is 8.37. The fraction of sp³-hybridized carbons (Fsp3) is 0.125. The summed E-state index contributed by atoms with van der Waals surface area (Å²) >= 11 is 0. The van der Waals surface area contributed by atoms with Crippen molar-refractivity contribution in [2.75, 3.05) is 12.3 Å². The summed E-state index contributed by atoms with van der Waals surface area (Å²) in [6.07, 6.45) is 7.15. The number of benzene rings is 1. The Morgan fingerprint density at radius 1 is 1.19 bits per heavy atom. The summed E-state index contributed by atoms with van der Waals surface area (Å²) in [4.78, 5) is 8.64. The number of ether oxygens (including phenoxy) is 1. The molecule has 5 heteroatoms. The monoisotopic (exact) mass is 280 g/mol. The summed E-state index contributed by atoms with van der Waals surface area (Å²) < 4.78 is 7.47. The number of nitrogens with zero attached hydrogens (tertiary/aromatic N) is 3. The predicted molar refractivity (Wildman–Crippen MR) is 82.4 cm³/mol. The van der Waals surface area contributed by atoms with Crippen molar-refractivity contribution < 1.29 is 4.74 Å². The number of rotatable bonds is 4. The SMILES string of the molecule is CCOc1cncc(-n2ccnc2-c2ccc(N)cc2)c1. The largest absolute Gasteiger partial charge is 0.492 e. The second-order valence-electron chi connectivity index (χ2n) is 4.55. The third-order valence-corrected chi connectivity index (χ3v) is 3.10. The standard InChI is InChI=1S/C16H16N4O/c1-2-21-15-9-14(10-18-11-15)20-8-7-19-16(20)12-3-5-13(17)6-4-12/h3-11H,2,17H2,1H3. The van der Waals surface area contributed by atoms with E-state index >= 15 is 0 Å². The normalized spacial score (nSPS) is 10.5. The number of aromatic nitrogens is 3. The van der Waals surface area contributed by atoms with E-state index in [1.807, 2.05) is 48.0 Å². The van der Waals surface area contributed by atoms with Gasteiger partial charge in [-0.05, 0) is 31.2 Å². The van der Waals surface area contributed by atoms with Crippen molar-refractivity contribution in [2.45, 2.75) is 6.92 Å². The topological polar surface area (TPSA) is 66.0 Å². The summed E-state index contributed by atoms with van der Waals surface area (Å²) in [5.74, 6) is 1.58. The zero-order chi connectivity index (χ0) is 14.7. The van der Waals surface area contributed by atoms with Crippen molar-refractivity contribution in [1.82, 2.24) is 14.5 Å². The minimum absolute atomic E-state index is 0.611. The molecule has 0 saturated heterocycles. The van der Waals surface area contributed by atoms with E-state index in [2.05, 4.69) is 9.97 Å². The minimum atomic E-state index is 0.611. The van der Waals surface area contributed by atoms with E-state index in [0.717, 1.165) is 28.5 Å². The van der Waals surface area contributed by atoms with Gasteiger partial charge in [-0.15, -0.1) is 0 Å². The van der Waals surface area contributed by atoms with E-state index in [0.29, 0.717) is 6.61 Å². The highest BCUT2D eigenvalue weighted by Gasteiger charge is 2.08. The zero-order valence-electron chi connectivity index (χ0n) is 11.7. The average Bonchev–Trinajstić information content (AvgIpc) is 2.98. The lowest BCUT2D eigenvalue weighted by Gasteiger charge is -2.09. The van der Waals surface area contributed by atoms with Gasteiger partial charge in [-0.1, -0.05) is 0 Å². The van der Waals surface area contributed by atoms with Gasteiger partial charge in [-0.3, -0.25) is 9.55 Å². The van der Waals surface area contributed by atoms with E-state index in [4.69, 9.17) is 10.5 Å². The first-order valence-electron chi connectivity index (χ1n) is 6.75. The lowest BCUT2D eigenvalue weighted by molar-refractivity contribution is 0.339. The molecule has 2 N–H and O–H groups in total. The highest BCUT2D eigenvalue weighted by Crippen LogP contribution is 2.23. The average molecular weight is 280 g/mol. The van der Waals surface area contributed by atoms with Gasteiger partial charge in [0, 0.05) is 29.7 Å². The third-order valence-electron chi connectivity index (χ3n) is 3.10. The molecule has 0 atom stereocenters. The third kappa shape index (κ3) is 2.72. The molecule has 0 radical (unpaired) electrons. The maximum atomic E-state index is 5.73. The molecule has 0 amide bonds. The van der Waals surface area contributed by atoms with Gasteiger partial charge in [0.05, 0.1) is 24.7 Å². The van der Waals surface area contributed by atoms with Crippen LogP contribution in [-0.4, -0.2) is 21.1 Å². The second kappa shape index (κ2) is 5.66. The molecule has 2 aromatic heterocycles. The van der Waals surface area contributed by atoms with Gasteiger partial charge in [-0.2, -0.15) is 0 Å². The smallest absolute Gasteiger partial charge is 0.144 e. The highest BCUT2D eigenvalue weighted by molar-refractivity contribution is 5.61. The first-order chi connectivity index (χ1) is 10.3. The molecule has 106 valence electrons. The van der Waals surface area contributed by atoms with Crippen LogP contribution in [0.1, 0.15) is 6.92 Å². The van der Waals surface area contributed by atoms with Crippen molar-refractivity contribution in [3.63, 3.8) is 0 Å². The van der Waals surface area contributed by atoms with Crippen LogP contribution in [0.25, 0.3) is 17.1 Å². The van der Waals surface area contributed by atoms with Gasteiger partial charge in [0.15, 0.2) is 0 Å². The van der Waals surface area contributed by atoms with Crippen LogP contribution in [0.3, 0.4) is 0 Å². The summed E-state index contributed by atoms with van der Waals surface area (Å²) in [6, 6.07) is 9.58. The number of nitrogen functional groups attached to an aromatic ring is 1. The molecule has 3 aromatic rings. The van der Waals surface area contributed by atoms with Crippen molar-refractivity contribution >= 4 is 5.69 Å². The molecule has 0 unspecified atom stereocenters. The number of nitrogens with two attached hydrogens (primary N) is 1. The van der Waals surface area contributed by atoms with E-state index in [1.54, 1.807) is 18.6 Å². The predicted octanol–water partition coefficient (Wildman–Crippen LogP) is 2.92. The maximum Gasteiger partial charge on any atom is 0.144 e. The number of hydrogen-bond acceptors (Lipinski definition) is 4. The van der Waals surface area contributed by atoms with Gasteiger partial charge >= 0.3 is 0 Å². The number of anilines is 1. The van der Waals surface area contributed by atoms with Gasteiger partial charge in [0.1, 0.15) is 11.6 Å². The maximum absolute atomic E-state index is 5.73. The van der Waals surface area contributed by atoms with Crippen LogP contribution in [0.4, 0.5) is 5.69 Å². The summed E-state index contributed by atoms with van der Waals surface area (Å²) in [7, 11) is 0. The number of pyridine rings is 1. The van der Waals surface area contributed by atoms with Crippen LogP contribution < -0.4 is 10.5 Å². The Morgan fingerprint density at radius 2 is 2.00 bits per heavy atom. The number of imidazole rings is 1. The number of hydrogen-bond donors (Lipinski definition) is 1. The van der Waals surface area contributed by atoms with E-state index in [1.165, 1.54) is 0 Å². The Kier molecular flexibility index (Phi) is 3.55. The molecular formula is C16H16N4O. The molecule has 21 heavy (non-hydrogen) atoms. The quantitative estimate of drug-likeness (QED) is 0.746. The minimum Gasteiger partial charge on any atom is -0.492 e. The zero-order valence-corrected chi connectivity index (χ0v) is 11.7. The summed E-state index contributed by atoms with van der Waals surface area (Å²) in [5, 5.41) is 0. The van der Waals surface area contributed by atoms with Crippen LogP contribution in [0.5, 0.6) is 5.75 Å². The molecule has 0 aliphatic heterocycles. The van der Waals surface area contributed by atoms with Gasteiger partial charge in [-0.25, -0.2) is 4.98 Å². The molecule has 0 spiro atoms. The molecular weight excluding hydrogens is 264 g/mol. The molecule has 3 rings (SSSR count). The van der Waals surface area contributed by atoms with Crippen molar-refractivity contribution in [3.8, 4) is 22.8 Å². The summed E-state index contributed by atoms with van der Waals surface area (Å²) in [6.45, 7) is 2.56. The Labute approximate surface area is 123 Å². The van der Waals surface area contributed by atoms with Gasteiger partial charge < -0.3 is 10.5 Å². The first kappa shape index (κ1) is 13.2. The molecule has 1 aromatic carbocycles. The first-order valence-corrected chi connectivity index (χ1v) is 6.75. The van der Waals surface area contributed by atoms with Crippen molar-refractivity contribution in [2.24, 2.45) is 0 Å². The lowest BCUT2D eigenvalue weighted by Crippen LogP contribution is -1.99. The van der Waals surface area contributed by atoms with E-state index in [9.17, 15) is 0 Å². The molecule has 0 bridgehead atoms. The van der Waals surface area contributed by atoms with Gasteiger partial charge in [0.25, 0.3) is 0 Å². The fourth-order valence-electron chi connectivity index (χ4n) is 2.14. The van der Waals surface area contributed by atoms with Crippen LogP contribution >= 0.6 is 0 Å². The Hall–Kier alpha value is -2.82. The van der Waals surface area contributed by atoms with Crippen LogP contribution in [0.15, 0.2) is 55.1 Å². The van der Waals surface area contributed by atoms with Crippen molar-refractivity contribution in [3.05, 3.63) is 55.1 Å². The molecule has 0 aliphatic rings. The van der Waals surface area contributed by atoms with Crippen molar-refractivity contribution in [1.29, 1.82) is 0 Å². The van der Waals surface area contributed by atoms with E-state index in [-0.39, 0.29) is 0 Å². The Bertz CT molecular complexity index is 734. The highest BCUT2D eigenvalue weighted by atomic mass is 16.5. The Morgan fingerprint density at radius 3 is 2.76 bits per heavy atom. The Balaban J connectivity index is 2.02. The van der Waals surface area contributed by atoms with Gasteiger partial charge in [0.2, 0.25) is 0 Å². The van der Waals surface area contributed by atoms with Crippen LogP contribution in [-0.2, 0) is 0 Å². The lowest BCUT2D eigenvalue weighted by atomic mass is 10.2. The molecule has 5 nitrogen and oxygen atoms in total. The van der Waals surface area contributed by atoms with E-state index < -0.39 is 0 Å². The fourth-order valence-corrected chi connectivity index (χ4v) is 2.14. The molecule has 0 saturated carbocycles.